The number of rotatable bonds is 7. The van der Waals surface area contributed by atoms with Crippen LogP contribution in [-0.4, -0.2) is 29.2 Å². The van der Waals surface area contributed by atoms with Gasteiger partial charge in [-0.2, -0.15) is 0 Å². The van der Waals surface area contributed by atoms with E-state index >= 15 is 0 Å². The van der Waals surface area contributed by atoms with Gasteiger partial charge in [0.15, 0.2) is 6.10 Å². The van der Waals surface area contributed by atoms with Gasteiger partial charge in [-0.05, 0) is 38.5 Å². The Hall–Kier alpha value is -3.36. The van der Waals surface area contributed by atoms with E-state index in [0.717, 1.165) is 11.3 Å². The minimum absolute atomic E-state index is 0.0294. The highest BCUT2D eigenvalue weighted by atomic mass is 16.5. The third kappa shape index (κ3) is 5.84. The third-order valence-corrected chi connectivity index (χ3v) is 3.76. The Morgan fingerprint density at radius 2 is 1.89 bits per heavy atom. The zero-order chi connectivity index (χ0) is 20.0. The summed E-state index contributed by atoms with van der Waals surface area (Å²) >= 11 is 0. The predicted molar refractivity (Wildman–Crippen MR) is 93.7 cm³/mol. The molecule has 0 aliphatic carbocycles. The number of nitrogens with zero attached hydrogens (tertiary/aromatic N) is 1. The largest absolute Gasteiger partial charge is 0.489 e. The highest BCUT2D eigenvalue weighted by molar-refractivity contribution is 5.96. The smallest absolute Gasteiger partial charge is 0.318 e. The van der Waals surface area contributed by atoms with Crippen molar-refractivity contribution in [2.45, 2.75) is 39.9 Å². The quantitative estimate of drug-likeness (QED) is 0.701. The number of nitrogens with one attached hydrogen (secondary N) is 1. The number of hydrogen-bond donors (Lipinski definition) is 2. The second-order valence-electron chi connectivity index (χ2n) is 5.90. The molecule has 1 aromatic heterocycles. The molecule has 0 saturated heterocycles. The average Bonchev–Trinajstić information content (AvgIpc) is 2.91. The molecule has 0 radical (unpaired) electrons. The van der Waals surface area contributed by atoms with Crippen molar-refractivity contribution in [2.24, 2.45) is 5.73 Å². The summed E-state index contributed by atoms with van der Waals surface area (Å²) in [4.78, 5) is 34.0. The fraction of sp³-hybridized carbons (Fsp3) is 0.333. The van der Waals surface area contributed by atoms with Crippen molar-refractivity contribution in [1.29, 1.82) is 0 Å². The van der Waals surface area contributed by atoms with E-state index < -0.39 is 24.0 Å². The number of hydrogen-bond acceptors (Lipinski definition) is 7. The van der Waals surface area contributed by atoms with Gasteiger partial charge in [0.1, 0.15) is 18.1 Å². The third-order valence-electron chi connectivity index (χ3n) is 3.76. The van der Waals surface area contributed by atoms with E-state index in [1.54, 1.807) is 24.3 Å². The number of aryl methyl sites for hydroxylation is 2. The summed E-state index contributed by atoms with van der Waals surface area (Å²) in [6.45, 7) is 5.34. The minimum Gasteiger partial charge on any atom is -0.489 e. The van der Waals surface area contributed by atoms with Crippen molar-refractivity contribution in [3.05, 3.63) is 46.8 Å². The van der Waals surface area contributed by atoms with Crippen LogP contribution in [0.4, 0.5) is 4.79 Å². The van der Waals surface area contributed by atoms with Crippen molar-refractivity contribution in [2.75, 3.05) is 0 Å². The van der Waals surface area contributed by atoms with E-state index in [4.69, 9.17) is 19.7 Å². The molecule has 0 aliphatic rings. The molecule has 3 N–H and O–H groups in total. The second kappa shape index (κ2) is 8.84. The Bertz CT molecular complexity index is 809. The van der Waals surface area contributed by atoms with Crippen LogP contribution < -0.4 is 15.8 Å². The van der Waals surface area contributed by atoms with Crippen LogP contribution in [0.5, 0.6) is 5.75 Å². The maximum atomic E-state index is 11.9. The predicted octanol–water partition coefficient (Wildman–Crippen LogP) is 1.54. The monoisotopic (exact) mass is 375 g/mol. The number of carbonyl (C=O) groups excluding carboxylic acids is 3. The van der Waals surface area contributed by atoms with Crippen LogP contribution in [-0.2, 0) is 27.4 Å². The normalized spacial score (nSPS) is 11.5. The molecule has 1 aromatic carbocycles. The molecule has 0 bridgehead atoms. The van der Waals surface area contributed by atoms with Crippen LogP contribution in [0.15, 0.2) is 28.8 Å². The van der Waals surface area contributed by atoms with Gasteiger partial charge in [-0.15, -0.1) is 0 Å². The Kier molecular flexibility index (Phi) is 6.53. The molecule has 0 aliphatic heterocycles. The van der Waals surface area contributed by atoms with Crippen LogP contribution in [0.1, 0.15) is 29.5 Å². The van der Waals surface area contributed by atoms with Crippen molar-refractivity contribution in [3.8, 4) is 5.75 Å². The number of esters is 1. The summed E-state index contributed by atoms with van der Waals surface area (Å²) in [5, 5.41) is 5.71. The first-order valence-corrected chi connectivity index (χ1v) is 8.19. The van der Waals surface area contributed by atoms with E-state index in [2.05, 4.69) is 5.16 Å². The summed E-state index contributed by atoms with van der Waals surface area (Å²) in [7, 11) is 0. The van der Waals surface area contributed by atoms with Gasteiger partial charge in [0.2, 0.25) is 0 Å². The minimum atomic E-state index is -1.12. The van der Waals surface area contributed by atoms with Gasteiger partial charge in [-0.3, -0.25) is 14.9 Å². The highest BCUT2D eigenvalue weighted by Crippen LogP contribution is 2.18. The molecule has 0 fully saturated rings. The summed E-state index contributed by atoms with van der Waals surface area (Å²) in [6, 6.07) is 5.89. The Morgan fingerprint density at radius 1 is 1.22 bits per heavy atom. The van der Waals surface area contributed by atoms with Crippen molar-refractivity contribution in [1.82, 2.24) is 10.5 Å². The highest BCUT2D eigenvalue weighted by Gasteiger charge is 2.19. The van der Waals surface area contributed by atoms with Gasteiger partial charge in [-0.25, -0.2) is 4.79 Å². The van der Waals surface area contributed by atoms with E-state index in [0.29, 0.717) is 23.7 Å². The van der Waals surface area contributed by atoms with Crippen molar-refractivity contribution in [3.63, 3.8) is 0 Å². The summed E-state index contributed by atoms with van der Waals surface area (Å²) in [5.74, 6) is -0.0480. The number of amides is 3. The molecule has 9 nitrogen and oxygen atoms in total. The van der Waals surface area contributed by atoms with Crippen LogP contribution >= 0.6 is 0 Å². The number of carbonyl (C=O) groups is 3. The van der Waals surface area contributed by atoms with Crippen LogP contribution in [0.3, 0.4) is 0 Å². The Morgan fingerprint density at radius 3 is 2.44 bits per heavy atom. The number of ether oxygens (including phenoxy) is 2. The number of nitrogens with two attached hydrogens (primary N) is 1. The molecule has 144 valence electrons. The summed E-state index contributed by atoms with van der Waals surface area (Å²) < 4.78 is 15.7. The number of primary amides is 1. The molecule has 0 unspecified atom stereocenters. The van der Waals surface area contributed by atoms with E-state index in [-0.39, 0.29) is 6.42 Å². The first-order chi connectivity index (χ1) is 12.8. The van der Waals surface area contributed by atoms with E-state index in [9.17, 15) is 14.4 Å². The van der Waals surface area contributed by atoms with Gasteiger partial charge < -0.3 is 19.7 Å². The standard InChI is InChI=1S/C18H21N3O6/c1-10-15(11(2)27-21-10)9-25-14-6-4-13(5-7-14)8-16(22)26-12(3)17(23)20-18(19)24/h4-7,12H,8-9H2,1-3H3,(H3,19,20,23,24)/t12-/m0/s1. The number of urea groups is 1. The molecule has 27 heavy (non-hydrogen) atoms. The molecule has 0 spiro atoms. The molecule has 2 aromatic rings. The molecular weight excluding hydrogens is 354 g/mol. The zero-order valence-electron chi connectivity index (χ0n) is 15.3. The lowest BCUT2D eigenvalue weighted by molar-refractivity contribution is -0.153. The van der Waals surface area contributed by atoms with E-state index in [1.807, 2.05) is 19.2 Å². The van der Waals surface area contributed by atoms with Gasteiger partial charge in [0.25, 0.3) is 5.91 Å². The number of aromatic nitrogens is 1. The molecule has 0 saturated carbocycles. The summed E-state index contributed by atoms with van der Waals surface area (Å²) in [5.41, 5.74) is 7.20. The molecule has 1 atom stereocenters. The van der Waals surface area contributed by atoms with Crippen LogP contribution in [0.25, 0.3) is 0 Å². The zero-order valence-corrected chi connectivity index (χ0v) is 15.3. The lowest BCUT2D eigenvalue weighted by atomic mass is 10.1. The molecule has 9 heteroatoms. The van der Waals surface area contributed by atoms with Crippen LogP contribution in [0, 0.1) is 13.8 Å². The molecule has 1 heterocycles. The fourth-order valence-electron chi connectivity index (χ4n) is 2.25. The first kappa shape index (κ1) is 20.0. The maximum absolute atomic E-state index is 11.9. The van der Waals surface area contributed by atoms with Gasteiger partial charge in [-0.1, -0.05) is 17.3 Å². The molecular formula is C18H21N3O6. The summed E-state index contributed by atoms with van der Waals surface area (Å²) in [6.07, 6.45) is -1.15. The lowest BCUT2D eigenvalue weighted by Gasteiger charge is -2.12. The number of imide groups is 1. The fourth-order valence-corrected chi connectivity index (χ4v) is 2.25. The second-order valence-corrected chi connectivity index (χ2v) is 5.90. The Labute approximate surface area is 155 Å². The first-order valence-electron chi connectivity index (χ1n) is 8.19. The van der Waals surface area contributed by atoms with Gasteiger partial charge in [0.05, 0.1) is 17.7 Å². The molecule has 2 rings (SSSR count). The van der Waals surface area contributed by atoms with E-state index in [1.165, 1.54) is 6.92 Å². The molecule has 3 amide bonds. The van der Waals surface area contributed by atoms with Crippen molar-refractivity contribution < 1.29 is 28.4 Å². The average molecular weight is 375 g/mol. The van der Waals surface area contributed by atoms with Gasteiger partial charge >= 0.3 is 12.0 Å². The van der Waals surface area contributed by atoms with Gasteiger partial charge in [0, 0.05) is 0 Å². The van der Waals surface area contributed by atoms with Crippen LogP contribution in [0.2, 0.25) is 0 Å². The number of benzene rings is 1. The topological polar surface area (TPSA) is 134 Å². The lowest BCUT2D eigenvalue weighted by Crippen LogP contribution is -2.42. The Balaban J connectivity index is 1.85. The SMILES string of the molecule is Cc1noc(C)c1COc1ccc(CC(=O)O[C@@H](C)C(=O)NC(N)=O)cc1. The van der Waals surface area contributed by atoms with Crippen molar-refractivity contribution >= 4 is 17.9 Å². The maximum Gasteiger partial charge on any atom is 0.318 e.